The fraction of sp³-hybridized carbons (Fsp3) is 0.0526. The normalized spacial score (nSPS) is 13.7. The van der Waals surface area contributed by atoms with E-state index in [9.17, 15) is 0 Å². The lowest BCUT2D eigenvalue weighted by molar-refractivity contribution is 0.768. The minimum absolute atomic E-state index is 0.388. The van der Waals surface area contributed by atoms with Crippen molar-refractivity contribution in [3.63, 3.8) is 0 Å². The minimum Gasteiger partial charge on any atom is -0.355 e. The largest absolute Gasteiger partial charge is 0.355 e. The zero-order chi connectivity index (χ0) is 25.8. The van der Waals surface area contributed by atoms with Gasteiger partial charge < -0.3 is 5.32 Å². The minimum atomic E-state index is -0.388. The lowest BCUT2D eigenvalue weighted by Crippen LogP contribution is -2.28. The van der Waals surface area contributed by atoms with Gasteiger partial charge >= 0.3 is 0 Å². The van der Waals surface area contributed by atoms with Crippen molar-refractivity contribution in [3.8, 4) is 22.3 Å². The molecule has 2 aliphatic rings. The third-order valence-corrected chi connectivity index (χ3v) is 8.60. The maximum absolute atomic E-state index is 3.92. The van der Waals surface area contributed by atoms with E-state index >= 15 is 0 Å². The second-order valence-electron chi connectivity index (χ2n) is 10.5. The summed E-state index contributed by atoms with van der Waals surface area (Å²) in [4.78, 5) is 0. The molecule has 0 amide bonds. The maximum Gasteiger partial charge on any atom is 0.0714 e. The SMILES string of the molecule is c1ccc(C2(c3ccccc3)c3ccccc3-c3c(Nc4cccc5c4Cc4ccccc4-5)cccc32)cc1. The third-order valence-electron chi connectivity index (χ3n) is 8.60. The molecule has 0 saturated heterocycles. The van der Waals surface area contributed by atoms with Crippen molar-refractivity contribution < 1.29 is 0 Å². The van der Waals surface area contributed by atoms with Crippen LogP contribution in [0.25, 0.3) is 22.3 Å². The molecule has 0 fully saturated rings. The molecule has 0 aromatic heterocycles. The summed E-state index contributed by atoms with van der Waals surface area (Å²) in [6.07, 6.45) is 0.957. The van der Waals surface area contributed by atoms with Gasteiger partial charge in [0.2, 0.25) is 0 Å². The van der Waals surface area contributed by atoms with Crippen LogP contribution in [0.3, 0.4) is 0 Å². The van der Waals surface area contributed by atoms with Gasteiger partial charge in [-0.25, -0.2) is 0 Å². The zero-order valence-corrected chi connectivity index (χ0v) is 21.6. The van der Waals surface area contributed by atoms with Gasteiger partial charge in [0.25, 0.3) is 0 Å². The first-order chi connectivity index (χ1) is 19.4. The van der Waals surface area contributed by atoms with E-state index in [2.05, 4.69) is 151 Å². The maximum atomic E-state index is 3.92. The van der Waals surface area contributed by atoms with Gasteiger partial charge in [0, 0.05) is 23.4 Å². The first-order valence-electron chi connectivity index (χ1n) is 13.7. The quantitative estimate of drug-likeness (QED) is 0.255. The van der Waals surface area contributed by atoms with Crippen LogP contribution < -0.4 is 5.32 Å². The molecule has 8 rings (SSSR count). The topological polar surface area (TPSA) is 12.0 Å². The average molecular weight is 498 g/mol. The van der Waals surface area contributed by atoms with Gasteiger partial charge in [-0.1, -0.05) is 133 Å². The Morgan fingerprint density at radius 3 is 1.77 bits per heavy atom. The van der Waals surface area contributed by atoms with Crippen LogP contribution in [-0.2, 0) is 11.8 Å². The van der Waals surface area contributed by atoms with Crippen molar-refractivity contribution in [2.45, 2.75) is 11.8 Å². The number of anilines is 2. The highest BCUT2D eigenvalue weighted by atomic mass is 14.9. The van der Waals surface area contributed by atoms with Crippen molar-refractivity contribution >= 4 is 11.4 Å². The molecule has 0 bridgehead atoms. The van der Waals surface area contributed by atoms with E-state index in [1.165, 1.54) is 61.3 Å². The second-order valence-corrected chi connectivity index (χ2v) is 10.5. The Morgan fingerprint density at radius 2 is 1.00 bits per heavy atom. The lowest BCUT2D eigenvalue weighted by Gasteiger charge is -2.34. The van der Waals surface area contributed by atoms with E-state index in [1.54, 1.807) is 0 Å². The van der Waals surface area contributed by atoms with E-state index in [1.807, 2.05) is 0 Å². The van der Waals surface area contributed by atoms with E-state index in [0.29, 0.717) is 0 Å². The van der Waals surface area contributed by atoms with Gasteiger partial charge in [0.15, 0.2) is 0 Å². The molecule has 2 aliphatic carbocycles. The van der Waals surface area contributed by atoms with Crippen molar-refractivity contribution in [1.29, 1.82) is 0 Å². The van der Waals surface area contributed by atoms with E-state index in [-0.39, 0.29) is 5.41 Å². The Balaban J connectivity index is 1.36. The van der Waals surface area contributed by atoms with Crippen LogP contribution >= 0.6 is 0 Å². The molecule has 0 spiro atoms. The van der Waals surface area contributed by atoms with Crippen molar-refractivity contribution in [1.82, 2.24) is 0 Å². The molecule has 6 aromatic carbocycles. The lowest BCUT2D eigenvalue weighted by atomic mass is 9.68. The predicted molar refractivity (Wildman–Crippen MR) is 162 cm³/mol. The van der Waals surface area contributed by atoms with Gasteiger partial charge in [0.1, 0.15) is 0 Å². The van der Waals surface area contributed by atoms with Crippen molar-refractivity contribution in [3.05, 3.63) is 179 Å². The molecule has 1 heteroatoms. The van der Waals surface area contributed by atoms with E-state index < -0.39 is 0 Å². The molecular weight excluding hydrogens is 470 g/mol. The van der Waals surface area contributed by atoms with Crippen LogP contribution in [0, 0.1) is 0 Å². The van der Waals surface area contributed by atoms with Gasteiger partial charge in [-0.2, -0.15) is 0 Å². The van der Waals surface area contributed by atoms with Gasteiger partial charge in [-0.15, -0.1) is 0 Å². The molecule has 184 valence electrons. The highest BCUT2D eigenvalue weighted by molar-refractivity contribution is 5.95. The molecule has 0 atom stereocenters. The van der Waals surface area contributed by atoms with Gasteiger partial charge in [-0.05, 0) is 62.2 Å². The summed E-state index contributed by atoms with van der Waals surface area (Å²) < 4.78 is 0. The van der Waals surface area contributed by atoms with Crippen LogP contribution in [0.4, 0.5) is 11.4 Å². The van der Waals surface area contributed by atoms with Crippen LogP contribution in [0.5, 0.6) is 0 Å². The summed E-state index contributed by atoms with van der Waals surface area (Å²) in [5.41, 5.74) is 15.2. The molecule has 1 nitrogen and oxygen atoms in total. The Bertz CT molecular complexity index is 1810. The van der Waals surface area contributed by atoms with E-state index in [0.717, 1.165) is 12.1 Å². The third kappa shape index (κ3) is 3.14. The highest BCUT2D eigenvalue weighted by Crippen LogP contribution is 2.58. The molecule has 39 heavy (non-hydrogen) atoms. The Labute approximate surface area is 229 Å². The molecule has 6 aromatic rings. The predicted octanol–water partition coefficient (Wildman–Crippen LogP) is 9.36. The zero-order valence-electron chi connectivity index (χ0n) is 21.6. The summed E-state index contributed by atoms with van der Waals surface area (Å²) in [5.74, 6) is 0. The Hall–Kier alpha value is -4.88. The summed E-state index contributed by atoms with van der Waals surface area (Å²) in [7, 11) is 0. The Morgan fingerprint density at radius 1 is 0.436 bits per heavy atom. The first kappa shape index (κ1) is 22.1. The van der Waals surface area contributed by atoms with Crippen LogP contribution in [0.1, 0.15) is 33.4 Å². The van der Waals surface area contributed by atoms with Crippen molar-refractivity contribution in [2.75, 3.05) is 5.32 Å². The molecule has 0 unspecified atom stereocenters. The molecule has 0 heterocycles. The summed E-state index contributed by atoms with van der Waals surface area (Å²) >= 11 is 0. The average Bonchev–Trinajstić information content (AvgIpc) is 3.54. The molecule has 0 aliphatic heterocycles. The van der Waals surface area contributed by atoms with Gasteiger partial charge in [-0.3, -0.25) is 0 Å². The number of nitrogens with one attached hydrogen (secondary N) is 1. The second kappa shape index (κ2) is 8.58. The smallest absolute Gasteiger partial charge is 0.0714 e. The number of fused-ring (bicyclic) bond motifs is 6. The fourth-order valence-corrected chi connectivity index (χ4v) is 7.02. The Kier molecular flexibility index (Phi) is 4.87. The highest BCUT2D eigenvalue weighted by Gasteiger charge is 2.46. The molecule has 0 radical (unpaired) electrons. The van der Waals surface area contributed by atoms with E-state index in [4.69, 9.17) is 0 Å². The molecule has 1 N–H and O–H groups in total. The van der Waals surface area contributed by atoms with Crippen molar-refractivity contribution in [2.24, 2.45) is 0 Å². The van der Waals surface area contributed by atoms with Gasteiger partial charge in [0.05, 0.1) is 5.41 Å². The molecular formula is C38H27N. The molecule has 0 saturated carbocycles. The first-order valence-corrected chi connectivity index (χ1v) is 13.7. The number of hydrogen-bond donors (Lipinski definition) is 1. The number of benzene rings is 6. The fourth-order valence-electron chi connectivity index (χ4n) is 7.02. The summed E-state index contributed by atoms with van der Waals surface area (Å²) in [6.45, 7) is 0. The number of rotatable bonds is 4. The summed E-state index contributed by atoms with van der Waals surface area (Å²) in [6, 6.07) is 53.1. The van der Waals surface area contributed by atoms with Crippen LogP contribution in [-0.4, -0.2) is 0 Å². The van der Waals surface area contributed by atoms with Crippen LogP contribution in [0.2, 0.25) is 0 Å². The monoisotopic (exact) mass is 497 g/mol. The number of hydrogen-bond acceptors (Lipinski definition) is 1. The standard InChI is InChI=1S/C38H27N/c1-3-14-27(15-4-1)38(28-16-5-2-6-17-28)33-21-10-9-19-31(33)37-34(38)22-12-24-36(37)39-35-23-11-20-30-29-18-8-7-13-26(29)25-32(30)35/h1-24,39H,25H2. The summed E-state index contributed by atoms with van der Waals surface area (Å²) in [5, 5.41) is 3.92. The van der Waals surface area contributed by atoms with Crippen LogP contribution in [0.15, 0.2) is 146 Å².